The van der Waals surface area contributed by atoms with Gasteiger partial charge in [0.05, 0.1) is 18.9 Å². The highest BCUT2D eigenvalue weighted by molar-refractivity contribution is 6.44. The van der Waals surface area contributed by atoms with Crippen LogP contribution in [-0.2, 0) is 19.1 Å². The summed E-state index contributed by atoms with van der Waals surface area (Å²) in [5, 5.41) is 0. The maximum absolute atomic E-state index is 11.3. The summed E-state index contributed by atoms with van der Waals surface area (Å²) in [5.41, 5.74) is 0. The number of carbonyl (C=O) groups is 2. The molecule has 0 aromatic rings. The molecule has 0 rings (SSSR count). The van der Waals surface area contributed by atoms with Gasteiger partial charge in [0, 0.05) is 0 Å². The molecule has 0 spiro atoms. The molecule has 1 unspecified atom stereocenters. The molecule has 0 radical (unpaired) electrons. The van der Waals surface area contributed by atoms with Crippen LogP contribution in [0.25, 0.3) is 0 Å². The van der Waals surface area contributed by atoms with Gasteiger partial charge in [-0.2, -0.15) is 0 Å². The molecule has 0 saturated heterocycles. The minimum atomic E-state index is -0.740. The van der Waals surface area contributed by atoms with E-state index in [4.69, 9.17) is 32.7 Å². The number of hydrogen-bond acceptors (Lipinski definition) is 4. The van der Waals surface area contributed by atoms with Gasteiger partial charge in [0.1, 0.15) is 11.4 Å². The highest BCUT2D eigenvalue weighted by Gasteiger charge is 2.12. The first-order valence-corrected chi connectivity index (χ1v) is 6.46. The van der Waals surface area contributed by atoms with E-state index in [1.807, 2.05) is 13.8 Å². The van der Waals surface area contributed by atoms with Crippen molar-refractivity contribution in [2.75, 3.05) is 6.61 Å². The van der Waals surface area contributed by atoms with Crippen molar-refractivity contribution in [1.29, 1.82) is 0 Å². The van der Waals surface area contributed by atoms with Crippen LogP contribution in [0.4, 0.5) is 0 Å². The van der Waals surface area contributed by atoms with Gasteiger partial charge in [0.2, 0.25) is 0 Å². The van der Waals surface area contributed by atoms with E-state index in [0.29, 0.717) is 0 Å². The van der Waals surface area contributed by atoms with Crippen molar-refractivity contribution in [3.8, 4) is 0 Å². The molecule has 4 nitrogen and oxygen atoms in total. The Morgan fingerprint density at radius 1 is 1.18 bits per heavy atom. The number of ether oxygens (including phenoxy) is 2. The zero-order chi connectivity index (χ0) is 13.3. The SMILES string of the molecule is CCCC(C)OC(=O)CCC(=O)OCC(Cl)Cl. The first-order valence-electron chi connectivity index (χ1n) is 5.59. The summed E-state index contributed by atoms with van der Waals surface area (Å²) in [6, 6.07) is 0. The molecule has 6 heteroatoms. The molecule has 0 N–H and O–H groups in total. The van der Waals surface area contributed by atoms with Gasteiger partial charge in [-0.25, -0.2) is 0 Å². The summed E-state index contributed by atoms with van der Waals surface area (Å²) >= 11 is 10.8. The molecular weight excluding hydrogens is 267 g/mol. The topological polar surface area (TPSA) is 52.6 Å². The number of carbonyl (C=O) groups excluding carboxylic acids is 2. The standard InChI is InChI=1S/C11H18Cl2O4/c1-3-4-8(2)17-11(15)6-5-10(14)16-7-9(12)13/h8-9H,3-7H2,1-2H3. The van der Waals surface area contributed by atoms with Crippen LogP contribution in [0.15, 0.2) is 0 Å². The van der Waals surface area contributed by atoms with E-state index < -0.39 is 16.8 Å². The van der Waals surface area contributed by atoms with E-state index in [2.05, 4.69) is 0 Å². The maximum atomic E-state index is 11.3. The van der Waals surface area contributed by atoms with Gasteiger partial charge in [-0.15, -0.1) is 23.2 Å². The molecule has 1 atom stereocenters. The predicted molar refractivity (Wildman–Crippen MR) is 66.1 cm³/mol. The Hall–Kier alpha value is -0.480. The molecule has 0 aliphatic rings. The molecule has 0 aromatic heterocycles. The van der Waals surface area contributed by atoms with Crippen molar-refractivity contribution < 1.29 is 19.1 Å². The highest BCUT2D eigenvalue weighted by atomic mass is 35.5. The first-order chi connectivity index (χ1) is 7.95. The molecule has 0 saturated carbocycles. The summed E-state index contributed by atoms with van der Waals surface area (Å²) in [5.74, 6) is -0.896. The Balaban J connectivity index is 3.65. The summed E-state index contributed by atoms with van der Waals surface area (Å²) < 4.78 is 9.76. The molecule has 0 amide bonds. The summed E-state index contributed by atoms with van der Waals surface area (Å²) in [4.78, 5) is 21.7. The lowest BCUT2D eigenvalue weighted by Crippen LogP contribution is -2.17. The Morgan fingerprint density at radius 3 is 2.29 bits per heavy atom. The monoisotopic (exact) mass is 284 g/mol. The number of esters is 2. The number of halogens is 2. The second kappa shape index (κ2) is 9.54. The smallest absolute Gasteiger partial charge is 0.306 e. The molecule has 17 heavy (non-hydrogen) atoms. The lowest BCUT2D eigenvalue weighted by atomic mass is 10.2. The van der Waals surface area contributed by atoms with Crippen LogP contribution in [0.3, 0.4) is 0 Å². The van der Waals surface area contributed by atoms with Gasteiger partial charge in [0.25, 0.3) is 0 Å². The van der Waals surface area contributed by atoms with Gasteiger partial charge < -0.3 is 9.47 Å². The number of alkyl halides is 2. The van der Waals surface area contributed by atoms with Crippen molar-refractivity contribution in [1.82, 2.24) is 0 Å². The zero-order valence-corrected chi connectivity index (χ0v) is 11.6. The average Bonchev–Trinajstić information content (AvgIpc) is 2.23. The number of hydrogen-bond donors (Lipinski definition) is 0. The van der Waals surface area contributed by atoms with E-state index in [0.717, 1.165) is 12.8 Å². The summed E-state index contributed by atoms with van der Waals surface area (Å²) in [6.45, 7) is 3.77. The molecule has 0 aliphatic carbocycles. The highest BCUT2D eigenvalue weighted by Crippen LogP contribution is 2.06. The Labute approximate surface area is 112 Å². The predicted octanol–water partition coefficient (Wildman–Crippen LogP) is 2.85. The Morgan fingerprint density at radius 2 is 1.76 bits per heavy atom. The second-order valence-corrected chi connectivity index (χ2v) is 4.94. The first kappa shape index (κ1) is 16.5. The third kappa shape index (κ3) is 10.4. The molecule has 0 heterocycles. The molecule has 100 valence electrons. The van der Waals surface area contributed by atoms with E-state index in [1.165, 1.54) is 0 Å². The summed E-state index contributed by atoms with van der Waals surface area (Å²) in [7, 11) is 0. The van der Waals surface area contributed by atoms with Gasteiger partial charge in [-0.05, 0) is 13.3 Å². The van der Waals surface area contributed by atoms with Crippen LogP contribution in [0.5, 0.6) is 0 Å². The average molecular weight is 285 g/mol. The van der Waals surface area contributed by atoms with Crippen LogP contribution in [0.1, 0.15) is 39.5 Å². The third-order valence-electron chi connectivity index (χ3n) is 1.93. The summed E-state index contributed by atoms with van der Waals surface area (Å²) in [6.07, 6.45) is 1.65. The fraction of sp³-hybridized carbons (Fsp3) is 0.818. The lowest BCUT2D eigenvalue weighted by Gasteiger charge is -2.11. The Kier molecular flexibility index (Phi) is 9.27. The minimum Gasteiger partial charge on any atom is -0.463 e. The third-order valence-corrected chi connectivity index (χ3v) is 2.18. The molecule has 0 fully saturated rings. The Bertz CT molecular complexity index is 244. The van der Waals surface area contributed by atoms with Gasteiger partial charge in [-0.1, -0.05) is 13.3 Å². The van der Waals surface area contributed by atoms with Crippen molar-refractivity contribution in [2.24, 2.45) is 0 Å². The van der Waals surface area contributed by atoms with Crippen molar-refractivity contribution in [3.63, 3.8) is 0 Å². The largest absolute Gasteiger partial charge is 0.463 e. The van der Waals surface area contributed by atoms with Crippen molar-refractivity contribution in [3.05, 3.63) is 0 Å². The quantitative estimate of drug-likeness (QED) is 0.508. The van der Waals surface area contributed by atoms with Gasteiger partial charge in [0.15, 0.2) is 0 Å². The van der Waals surface area contributed by atoms with E-state index in [1.54, 1.807) is 0 Å². The lowest BCUT2D eigenvalue weighted by molar-refractivity contribution is -0.153. The van der Waals surface area contributed by atoms with Crippen LogP contribution in [0.2, 0.25) is 0 Å². The fourth-order valence-electron chi connectivity index (χ4n) is 1.18. The van der Waals surface area contributed by atoms with Gasteiger partial charge in [-0.3, -0.25) is 9.59 Å². The van der Waals surface area contributed by atoms with Crippen LogP contribution in [-0.4, -0.2) is 29.5 Å². The molecular formula is C11H18Cl2O4. The van der Waals surface area contributed by atoms with Crippen molar-refractivity contribution in [2.45, 2.75) is 50.5 Å². The second-order valence-electron chi connectivity index (χ2n) is 3.66. The fourth-order valence-corrected chi connectivity index (χ4v) is 1.31. The van der Waals surface area contributed by atoms with E-state index in [9.17, 15) is 9.59 Å². The molecule has 0 aliphatic heterocycles. The van der Waals surface area contributed by atoms with Crippen LogP contribution in [0, 0.1) is 0 Å². The maximum Gasteiger partial charge on any atom is 0.306 e. The van der Waals surface area contributed by atoms with Crippen LogP contribution < -0.4 is 0 Å². The van der Waals surface area contributed by atoms with Crippen molar-refractivity contribution >= 4 is 35.1 Å². The van der Waals surface area contributed by atoms with Gasteiger partial charge >= 0.3 is 11.9 Å². The van der Waals surface area contributed by atoms with E-state index in [-0.39, 0.29) is 25.6 Å². The van der Waals surface area contributed by atoms with Crippen LogP contribution >= 0.6 is 23.2 Å². The van der Waals surface area contributed by atoms with E-state index >= 15 is 0 Å². The minimum absolute atomic E-state index is 0.0157. The molecule has 0 aromatic carbocycles. The normalized spacial score (nSPS) is 12.3. The zero-order valence-electron chi connectivity index (χ0n) is 10.1. The number of rotatable bonds is 8. The molecule has 0 bridgehead atoms.